The second-order valence-corrected chi connectivity index (χ2v) is 1.95. The monoisotopic (exact) mass is 138 g/mol. The van der Waals surface area contributed by atoms with Gasteiger partial charge in [-0.25, -0.2) is 4.68 Å². The number of hydrogen-bond acceptors (Lipinski definition) is 4. The number of aromatic nitrogens is 4. The largest absolute Gasteiger partial charge is 0.394 e. The van der Waals surface area contributed by atoms with E-state index >= 15 is 0 Å². The van der Waals surface area contributed by atoms with E-state index < -0.39 is 0 Å². The van der Waals surface area contributed by atoms with Crippen molar-refractivity contribution in [3.63, 3.8) is 0 Å². The van der Waals surface area contributed by atoms with E-state index in [4.69, 9.17) is 11.6 Å². The second-order valence-electron chi connectivity index (χ2n) is 1.95. The summed E-state index contributed by atoms with van der Waals surface area (Å²) in [6, 6.07) is 0. The van der Waals surface area contributed by atoms with Gasteiger partial charge in [-0.05, 0) is 0 Å². The summed E-state index contributed by atoms with van der Waals surface area (Å²) in [6.45, 7) is 0. The first-order valence-corrected chi connectivity index (χ1v) is 2.71. The summed E-state index contributed by atoms with van der Waals surface area (Å²) in [5, 5.41) is 7.62. The molecule has 0 fully saturated rings. The molecule has 52 valence electrons. The fourth-order valence-electron chi connectivity index (χ4n) is 0.841. The van der Waals surface area contributed by atoms with Crippen LogP contribution in [0.1, 0.15) is 0 Å². The maximum atomic E-state index is 5.50. The molecule has 2 aromatic rings. The van der Waals surface area contributed by atoms with Gasteiger partial charge < -0.3 is 11.6 Å². The highest BCUT2D eigenvalue weighted by atomic mass is 15.5. The molecule has 4 N–H and O–H groups in total. The predicted molar refractivity (Wildman–Crippen MR) is 35.5 cm³/mol. The topological polar surface area (TPSA) is 87.2 Å². The molecule has 2 rings (SSSR count). The summed E-state index contributed by atoms with van der Waals surface area (Å²) in [4.78, 5) is 0. The van der Waals surface area contributed by atoms with Crippen molar-refractivity contribution in [3.8, 4) is 0 Å². The summed E-state index contributed by atoms with van der Waals surface area (Å²) < 4.78 is 2.69. The molecule has 2 aromatic heterocycles. The Morgan fingerprint density at radius 1 is 1.40 bits per heavy atom. The third-order valence-electron chi connectivity index (χ3n) is 1.28. The van der Waals surface area contributed by atoms with Crippen LogP contribution in [0, 0.1) is 0 Å². The molecule has 6 heteroatoms. The van der Waals surface area contributed by atoms with Crippen LogP contribution in [0.5, 0.6) is 0 Å². The van der Waals surface area contributed by atoms with Crippen molar-refractivity contribution in [3.05, 3.63) is 12.5 Å². The van der Waals surface area contributed by atoms with Crippen LogP contribution in [0.25, 0.3) is 5.65 Å². The third-order valence-corrected chi connectivity index (χ3v) is 1.28. The molecule has 0 aliphatic heterocycles. The van der Waals surface area contributed by atoms with E-state index in [0.29, 0.717) is 11.3 Å². The molecule has 0 aromatic carbocycles. The Hall–Kier alpha value is -1.72. The minimum absolute atomic E-state index is 0.528. The number of anilines is 1. The maximum absolute atomic E-state index is 5.50. The Morgan fingerprint density at radius 2 is 2.20 bits per heavy atom. The summed E-state index contributed by atoms with van der Waals surface area (Å²) in [5.74, 6) is 5.43. The van der Waals surface area contributed by atoms with Crippen LogP contribution in [-0.2, 0) is 0 Å². The molecule has 0 unspecified atom stereocenters. The quantitative estimate of drug-likeness (QED) is 0.449. The molecular formula is C4H6N6. The van der Waals surface area contributed by atoms with E-state index in [0.717, 1.165) is 0 Å². The standard InChI is InChI=1S/C4H6N6/c5-3-1-7-10-4(3)9(6)2-8-10/h1-2H,5-6H2. The zero-order chi connectivity index (χ0) is 7.14. The van der Waals surface area contributed by atoms with Gasteiger partial charge in [0.1, 0.15) is 6.33 Å². The predicted octanol–water partition coefficient (Wildman–Crippen LogP) is -1.17. The molecule has 0 spiro atoms. The molecule has 0 saturated carbocycles. The van der Waals surface area contributed by atoms with Crippen LogP contribution in [-0.4, -0.2) is 19.5 Å². The highest BCUT2D eigenvalue weighted by molar-refractivity contribution is 5.63. The van der Waals surface area contributed by atoms with Crippen LogP contribution in [0.4, 0.5) is 5.69 Å². The molecule has 6 nitrogen and oxygen atoms in total. The molecule has 0 saturated heterocycles. The lowest BCUT2D eigenvalue weighted by Crippen LogP contribution is -2.06. The molecule has 0 amide bonds. The minimum Gasteiger partial charge on any atom is -0.394 e. The van der Waals surface area contributed by atoms with Gasteiger partial charge in [-0.15, -0.1) is 9.73 Å². The van der Waals surface area contributed by atoms with E-state index in [2.05, 4.69) is 10.2 Å². The van der Waals surface area contributed by atoms with Crippen molar-refractivity contribution in [1.82, 2.24) is 19.5 Å². The average molecular weight is 138 g/mol. The summed E-state index contributed by atoms with van der Waals surface area (Å²) >= 11 is 0. The smallest absolute Gasteiger partial charge is 0.199 e. The normalized spacial score (nSPS) is 10.8. The van der Waals surface area contributed by atoms with Crippen molar-refractivity contribution in [2.45, 2.75) is 0 Å². The van der Waals surface area contributed by atoms with Crippen LogP contribution in [0.2, 0.25) is 0 Å². The number of nitrogen functional groups attached to an aromatic ring is 2. The summed E-state index contributed by atoms with van der Waals surface area (Å²) in [7, 11) is 0. The Kier molecular flexibility index (Phi) is 0.717. The molecule has 0 aliphatic carbocycles. The molecule has 10 heavy (non-hydrogen) atoms. The van der Waals surface area contributed by atoms with Crippen LogP contribution >= 0.6 is 0 Å². The van der Waals surface area contributed by atoms with Gasteiger partial charge in [0.15, 0.2) is 5.65 Å². The number of nitrogens with zero attached hydrogens (tertiary/aromatic N) is 4. The van der Waals surface area contributed by atoms with E-state index in [1.54, 1.807) is 0 Å². The highest BCUT2D eigenvalue weighted by Gasteiger charge is 2.03. The van der Waals surface area contributed by atoms with Gasteiger partial charge in [0.05, 0.1) is 11.9 Å². The second kappa shape index (κ2) is 1.41. The van der Waals surface area contributed by atoms with E-state index in [1.807, 2.05) is 0 Å². The van der Waals surface area contributed by atoms with Crippen molar-refractivity contribution in [2.24, 2.45) is 0 Å². The molecular weight excluding hydrogens is 132 g/mol. The maximum Gasteiger partial charge on any atom is 0.199 e. The van der Waals surface area contributed by atoms with Crippen LogP contribution < -0.4 is 11.6 Å². The number of hydrogen-bond donors (Lipinski definition) is 2. The lowest BCUT2D eigenvalue weighted by molar-refractivity contribution is 0.821. The minimum atomic E-state index is 0.528. The molecule has 0 atom stereocenters. The molecule has 0 aliphatic rings. The SMILES string of the molecule is Nc1cnn2ncn(N)c12. The lowest BCUT2D eigenvalue weighted by atomic mass is 10.6. The first-order chi connectivity index (χ1) is 4.79. The van der Waals surface area contributed by atoms with Crippen molar-refractivity contribution < 1.29 is 0 Å². The van der Waals surface area contributed by atoms with Crippen molar-refractivity contribution >= 4 is 11.3 Å². The van der Waals surface area contributed by atoms with E-state index in [1.165, 1.54) is 21.8 Å². The van der Waals surface area contributed by atoms with E-state index in [-0.39, 0.29) is 0 Å². The zero-order valence-corrected chi connectivity index (χ0v) is 5.10. The molecule has 0 bridgehead atoms. The number of rotatable bonds is 0. The Balaban J connectivity index is 2.98. The fraction of sp³-hybridized carbons (Fsp3) is 0. The fourth-order valence-corrected chi connectivity index (χ4v) is 0.841. The number of nitrogens with two attached hydrogens (primary N) is 2. The van der Waals surface area contributed by atoms with Gasteiger partial charge >= 0.3 is 0 Å². The Bertz CT molecular complexity index is 325. The van der Waals surface area contributed by atoms with Gasteiger partial charge in [-0.3, -0.25) is 0 Å². The first kappa shape index (κ1) is 5.10. The number of fused-ring (bicyclic) bond motifs is 1. The van der Waals surface area contributed by atoms with Crippen molar-refractivity contribution in [2.75, 3.05) is 11.6 Å². The Labute approximate surface area is 56.0 Å². The summed E-state index contributed by atoms with van der Waals surface area (Å²) in [5.41, 5.74) is 6.64. The molecule has 2 heterocycles. The highest BCUT2D eigenvalue weighted by Crippen LogP contribution is 2.07. The summed E-state index contributed by atoms with van der Waals surface area (Å²) in [6.07, 6.45) is 2.95. The van der Waals surface area contributed by atoms with Crippen molar-refractivity contribution in [1.29, 1.82) is 0 Å². The van der Waals surface area contributed by atoms with E-state index in [9.17, 15) is 0 Å². The lowest BCUT2D eigenvalue weighted by Gasteiger charge is -1.88. The van der Waals surface area contributed by atoms with Gasteiger partial charge in [0, 0.05) is 0 Å². The van der Waals surface area contributed by atoms with Gasteiger partial charge in [0.25, 0.3) is 0 Å². The zero-order valence-electron chi connectivity index (χ0n) is 5.10. The van der Waals surface area contributed by atoms with Gasteiger partial charge in [0.2, 0.25) is 0 Å². The van der Waals surface area contributed by atoms with Crippen LogP contribution in [0.15, 0.2) is 12.5 Å². The Morgan fingerprint density at radius 3 is 2.90 bits per heavy atom. The van der Waals surface area contributed by atoms with Gasteiger partial charge in [-0.2, -0.15) is 5.10 Å². The molecule has 0 radical (unpaired) electrons. The van der Waals surface area contributed by atoms with Crippen LogP contribution in [0.3, 0.4) is 0 Å². The third kappa shape index (κ3) is 0.426. The first-order valence-electron chi connectivity index (χ1n) is 2.71. The average Bonchev–Trinajstić information content (AvgIpc) is 2.40. The van der Waals surface area contributed by atoms with Gasteiger partial charge in [-0.1, -0.05) is 0 Å².